The Morgan fingerprint density at radius 1 is 1.14 bits per heavy atom. The van der Waals surface area contributed by atoms with Crippen LogP contribution < -0.4 is 29.1 Å². The third-order valence-corrected chi connectivity index (χ3v) is 6.54. The molecule has 0 aliphatic carbocycles. The second kappa shape index (κ2) is 9.83. The van der Waals surface area contributed by atoms with E-state index < -0.39 is 12.0 Å². The summed E-state index contributed by atoms with van der Waals surface area (Å²) in [5, 5.41) is 0. The summed E-state index contributed by atoms with van der Waals surface area (Å²) in [7, 11) is 4.52. The Balaban J connectivity index is 2.02. The van der Waals surface area contributed by atoms with Crippen LogP contribution in [0.1, 0.15) is 37.0 Å². The number of aryl methyl sites for hydroxylation is 1. The maximum absolute atomic E-state index is 13.7. The largest absolute Gasteiger partial charge is 0.493 e. The summed E-state index contributed by atoms with van der Waals surface area (Å²) >= 11 is 1.22. The number of fused-ring (bicyclic) bond motifs is 1. The molecule has 4 rings (SSSR count). The predicted octanol–water partition coefficient (Wildman–Crippen LogP) is 2.73. The fourth-order valence-corrected chi connectivity index (χ4v) is 5.05. The van der Waals surface area contributed by atoms with Gasteiger partial charge in [-0.05, 0) is 50.6 Å². The average molecular weight is 499 g/mol. The number of carbonyl (C=O) groups excluding carboxylic acids is 1. The van der Waals surface area contributed by atoms with Crippen molar-refractivity contribution in [2.75, 3.05) is 27.9 Å². The molecule has 184 valence electrons. The molecule has 1 aliphatic rings. The summed E-state index contributed by atoms with van der Waals surface area (Å²) in [6.45, 7) is 5.46. The number of benzene rings is 1. The molecule has 3 heterocycles. The maximum Gasteiger partial charge on any atom is 0.338 e. The number of methoxy groups -OCH3 is 3. The zero-order valence-electron chi connectivity index (χ0n) is 20.3. The van der Waals surface area contributed by atoms with Crippen LogP contribution in [0.2, 0.25) is 0 Å². The van der Waals surface area contributed by atoms with Gasteiger partial charge in [-0.1, -0.05) is 11.3 Å². The first-order valence-corrected chi connectivity index (χ1v) is 11.7. The molecule has 0 radical (unpaired) electrons. The number of esters is 1. The Bertz CT molecular complexity index is 1470. The monoisotopic (exact) mass is 498 g/mol. The van der Waals surface area contributed by atoms with Gasteiger partial charge in [0.1, 0.15) is 11.5 Å². The van der Waals surface area contributed by atoms with E-state index in [1.54, 1.807) is 38.1 Å². The lowest BCUT2D eigenvalue weighted by Gasteiger charge is -2.26. The Labute approximate surface area is 205 Å². The molecule has 1 atom stereocenters. The van der Waals surface area contributed by atoms with Crippen molar-refractivity contribution in [1.82, 2.24) is 4.57 Å². The van der Waals surface area contributed by atoms with Crippen molar-refractivity contribution < 1.29 is 28.2 Å². The van der Waals surface area contributed by atoms with Crippen LogP contribution in [0.3, 0.4) is 0 Å². The number of thiazole rings is 1. The maximum atomic E-state index is 13.7. The van der Waals surface area contributed by atoms with E-state index in [1.807, 2.05) is 13.0 Å². The van der Waals surface area contributed by atoms with E-state index in [4.69, 9.17) is 23.4 Å². The van der Waals surface area contributed by atoms with Crippen LogP contribution >= 0.6 is 11.3 Å². The standard InChI is InChI=1S/C25H26N2O7S/c1-7-33-24(29)20-14(3)26-25-27(23(28)19(35-25)12-16-9-8-13(2)34-16)21(20)15-10-17(30-4)22(32-6)18(11-15)31-5/h8-12,21H,7H2,1-6H3/b19-12-. The molecule has 9 nitrogen and oxygen atoms in total. The van der Waals surface area contributed by atoms with Crippen molar-refractivity contribution in [2.45, 2.75) is 26.8 Å². The third kappa shape index (κ3) is 4.37. The van der Waals surface area contributed by atoms with Crippen LogP contribution in [-0.4, -0.2) is 38.5 Å². The van der Waals surface area contributed by atoms with Crippen molar-refractivity contribution in [3.05, 3.63) is 72.3 Å². The minimum Gasteiger partial charge on any atom is -0.493 e. The zero-order valence-corrected chi connectivity index (χ0v) is 21.1. The van der Waals surface area contributed by atoms with Crippen LogP contribution in [0.5, 0.6) is 17.2 Å². The second-order valence-corrected chi connectivity index (χ2v) is 8.72. The molecular weight excluding hydrogens is 472 g/mol. The fourth-order valence-electron chi connectivity index (χ4n) is 4.03. The summed E-state index contributed by atoms with van der Waals surface area (Å²) in [6, 6.07) is 6.23. The molecule has 0 spiro atoms. The lowest BCUT2D eigenvalue weighted by atomic mass is 9.95. The van der Waals surface area contributed by atoms with Crippen molar-refractivity contribution in [1.29, 1.82) is 0 Å². The Morgan fingerprint density at radius 3 is 2.37 bits per heavy atom. The van der Waals surface area contributed by atoms with E-state index in [2.05, 4.69) is 4.99 Å². The molecule has 1 unspecified atom stereocenters. The molecule has 1 aliphatic heterocycles. The highest BCUT2D eigenvalue weighted by atomic mass is 32.1. The van der Waals surface area contributed by atoms with Gasteiger partial charge >= 0.3 is 5.97 Å². The van der Waals surface area contributed by atoms with Gasteiger partial charge in [-0.15, -0.1) is 0 Å². The molecular formula is C25H26N2O7S. The molecule has 0 saturated heterocycles. The molecule has 1 aromatic carbocycles. The van der Waals surface area contributed by atoms with Crippen LogP contribution in [0, 0.1) is 6.92 Å². The number of hydrogen-bond donors (Lipinski definition) is 0. The smallest absolute Gasteiger partial charge is 0.338 e. The summed E-state index contributed by atoms with van der Waals surface area (Å²) in [5.74, 6) is 1.93. The van der Waals surface area contributed by atoms with Crippen LogP contribution in [0.15, 0.2) is 49.7 Å². The van der Waals surface area contributed by atoms with Crippen LogP contribution in [0.4, 0.5) is 0 Å². The number of nitrogens with zero attached hydrogens (tertiary/aromatic N) is 2. The fraction of sp³-hybridized carbons (Fsp3) is 0.320. The van der Waals surface area contributed by atoms with Gasteiger partial charge in [-0.3, -0.25) is 9.36 Å². The predicted molar refractivity (Wildman–Crippen MR) is 130 cm³/mol. The highest BCUT2D eigenvalue weighted by Gasteiger charge is 2.34. The molecule has 35 heavy (non-hydrogen) atoms. The molecule has 0 saturated carbocycles. The summed E-state index contributed by atoms with van der Waals surface area (Å²) in [6.07, 6.45) is 1.67. The first kappa shape index (κ1) is 24.3. The first-order valence-electron chi connectivity index (χ1n) is 10.9. The molecule has 0 fully saturated rings. The molecule has 0 bridgehead atoms. The lowest BCUT2D eigenvalue weighted by molar-refractivity contribution is -0.139. The highest BCUT2D eigenvalue weighted by Crippen LogP contribution is 2.42. The number of ether oxygens (including phenoxy) is 4. The van der Waals surface area contributed by atoms with E-state index in [1.165, 1.54) is 37.2 Å². The first-order chi connectivity index (χ1) is 16.8. The van der Waals surface area contributed by atoms with Crippen molar-refractivity contribution in [2.24, 2.45) is 4.99 Å². The number of allylic oxidation sites excluding steroid dienone is 1. The number of hydrogen-bond acceptors (Lipinski definition) is 9. The van der Waals surface area contributed by atoms with Crippen molar-refractivity contribution in [3.63, 3.8) is 0 Å². The molecule has 10 heteroatoms. The van der Waals surface area contributed by atoms with E-state index in [-0.39, 0.29) is 17.7 Å². The van der Waals surface area contributed by atoms with Gasteiger partial charge in [0.05, 0.1) is 49.8 Å². The third-order valence-electron chi connectivity index (χ3n) is 5.55. The quantitative estimate of drug-likeness (QED) is 0.462. The van der Waals surface area contributed by atoms with Gasteiger partial charge in [0, 0.05) is 6.08 Å². The minimum atomic E-state index is -0.820. The number of carbonyl (C=O) groups is 1. The van der Waals surface area contributed by atoms with E-state index >= 15 is 0 Å². The Kier molecular flexibility index (Phi) is 6.83. The Hall–Kier alpha value is -3.79. The van der Waals surface area contributed by atoms with E-state index in [0.717, 1.165) is 5.76 Å². The molecule has 0 amide bonds. The lowest BCUT2D eigenvalue weighted by Crippen LogP contribution is -2.40. The number of furan rings is 1. The topological polar surface area (TPSA) is 101 Å². The SMILES string of the molecule is CCOC(=O)C1=C(C)N=c2s/c(=C\c3ccc(C)o3)c(=O)n2C1c1cc(OC)c(OC)c(OC)c1. The van der Waals surface area contributed by atoms with Gasteiger partial charge in [0.2, 0.25) is 5.75 Å². The molecule has 2 aromatic heterocycles. The van der Waals surface area contributed by atoms with Gasteiger partial charge < -0.3 is 23.4 Å². The Morgan fingerprint density at radius 2 is 1.83 bits per heavy atom. The van der Waals surface area contributed by atoms with Crippen LogP contribution in [0.25, 0.3) is 6.08 Å². The van der Waals surface area contributed by atoms with Gasteiger partial charge in [0.25, 0.3) is 5.56 Å². The van der Waals surface area contributed by atoms with Crippen LogP contribution in [-0.2, 0) is 9.53 Å². The molecule has 0 N–H and O–H groups in total. The number of aromatic nitrogens is 1. The second-order valence-electron chi connectivity index (χ2n) is 7.71. The van der Waals surface area contributed by atoms with E-state index in [0.29, 0.717) is 43.6 Å². The number of rotatable bonds is 7. The normalized spacial score (nSPS) is 15.5. The van der Waals surface area contributed by atoms with Crippen molar-refractivity contribution in [3.8, 4) is 17.2 Å². The summed E-state index contributed by atoms with van der Waals surface area (Å²) < 4.78 is 29.4. The van der Waals surface area contributed by atoms with Crippen molar-refractivity contribution >= 4 is 23.4 Å². The van der Waals surface area contributed by atoms with Gasteiger partial charge in [0.15, 0.2) is 16.3 Å². The minimum absolute atomic E-state index is 0.180. The van der Waals surface area contributed by atoms with Gasteiger partial charge in [-0.25, -0.2) is 9.79 Å². The highest BCUT2D eigenvalue weighted by molar-refractivity contribution is 7.07. The zero-order chi connectivity index (χ0) is 25.3. The summed E-state index contributed by atoms with van der Waals surface area (Å²) in [4.78, 5) is 31.8. The summed E-state index contributed by atoms with van der Waals surface area (Å²) in [5.41, 5.74) is 0.993. The van der Waals surface area contributed by atoms with E-state index in [9.17, 15) is 9.59 Å². The average Bonchev–Trinajstić information content (AvgIpc) is 3.39. The van der Waals surface area contributed by atoms with Gasteiger partial charge in [-0.2, -0.15) is 0 Å². The molecule has 3 aromatic rings.